The lowest BCUT2D eigenvalue weighted by Gasteiger charge is -2.06. The maximum Gasteiger partial charge on any atom is 0.177 e. The quantitative estimate of drug-likeness (QED) is 0.475. The highest BCUT2D eigenvalue weighted by atomic mass is 35.5. The second-order valence-corrected chi connectivity index (χ2v) is 3.15. The zero-order valence-corrected chi connectivity index (χ0v) is 8.67. The first-order chi connectivity index (χ1) is 6.68. The largest absolute Gasteiger partial charge is 0.490 e. The molecule has 0 aliphatic carbocycles. The van der Waals surface area contributed by atoms with Crippen LogP contribution in [-0.2, 0) is 4.74 Å². The zero-order valence-electron chi connectivity index (χ0n) is 7.92. The summed E-state index contributed by atoms with van der Waals surface area (Å²) in [5.74, 6) is 0.906. The van der Waals surface area contributed by atoms with E-state index < -0.39 is 0 Å². The van der Waals surface area contributed by atoms with E-state index in [9.17, 15) is 0 Å². The number of hydrogen-bond donors (Lipinski definition) is 1. The normalized spacial score (nSPS) is 9.57. The fourth-order valence-corrected chi connectivity index (χ4v) is 1.09. The fourth-order valence-electron chi connectivity index (χ4n) is 0.911. The van der Waals surface area contributed by atoms with E-state index in [0.717, 1.165) is 0 Å². The Bertz CT molecular complexity index is 315. The molecule has 0 unspecified atom stereocenters. The van der Waals surface area contributed by atoms with E-state index in [4.69, 9.17) is 26.5 Å². The molecule has 3 nitrogen and oxygen atoms in total. The third-order valence-electron chi connectivity index (χ3n) is 1.47. The molecule has 0 aliphatic rings. The Hall–Kier alpha value is -1.22. The van der Waals surface area contributed by atoms with Crippen molar-refractivity contribution >= 4 is 17.5 Å². The topological polar surface area (TPSA) is 42.3 Å². The molecular formula is C10H12ClNO2. The van der Waals surface area contributed by atoms with E-state index in [-0.39, 0.29) is 5.90 Å². The first-order valence-corrected chi connectivity index (χ1v) is 4.62. The molecule has 0 radical (unpaired) electrons. The smallest absolute Gasteiger partial charge is 0.177 e. The molecule has 0 aliphatic heterocycles. The molecule has 1 aromatic carbocycles. The second-order valence-electron chi connectivity index (χ2n) is 2.71. The molecule has 0 aromatic heterocycles. The van der Waals surface area contributed by atoms with Gasteiger partial charge in [-0.2, -0.15) is 0 Å². The van der Waals surface area contributed by atoms with E-state index >= 15 is 0 Å². The van der Waals surface area contributed by atoms with Gasteiger partial charge in [-0.05, 0) is 18.2 Å². The first kappa shape index (κ1) is 10.9. The van der Waals surface area contributed by atoms with Gasteiger partial charge in [0, 0.05) is 11.9 Å². The summed E-state index contributed by atoms with van der Waals surface area (Å²) in [7, 11) is 0. The Kier molecular flexibility index (Phi) is 4.26. The lowest BCUT2D eigenvalue weighted by molar-refractivity contribution is 0.207. The summed E-state index contributed by atoms with van der Waals surface area (Å²) in [6.07, 6.45) is 0. The van der Waals surface area contributed by atoms with Gasteiger partial charge in [0.15, 0.2) is 5.90 Å². The first-order valence-electron chi connectivity index (χ1n) is 4.25. The highest BCUT2D eigenvalue weighted by Crippen LogP contribution is 2.16. The van der Waals surface area contributed by atoms with E-state index in [1.54, 1.807) is 19.1 Å². The van der Waals surface area contributed by atoms with Gasteiger partial charge >= 0.3 is 0 Å². The van der Waals surface area contributed by atoms with Crippen LogP contribution in [0.15, 0.2) is 24.3 Å². The molecule has 1 rings (SSSR count). The Balaban J connectivity index is 2.28. The van der Waals surface area contributed by atoms with Gasteiger partial charge in [-0.15, -0.1) is 0 Å². The number of rotatable bonds is 4. The van der Waals surface area contributed by atoms with Crippen LogP contribution in [0.25, 0.3) is 0 Å². The van der Waals surface area contributed by atoms with Crippen LogP contribution < -0.4 is 4.74 Å². The molecule has 1 N–H and O–H groups in total. The molecule has 0 fully saturated rings. The number of ether oxygens (including phenoxy) is 2. The zero-order chi connectivity index (χ0) is 10.4. The fraction of sp³-hybridized carbons (Fsp3) is 0.300. The maximum absolute atomic E-state index is 7.01. The molecule has 4 heteroatoms. The standard InChI is InChI=1S/C10H12ClNO2/c1-8(12)13-5-6-14-10-4-2-3-9(11)7-10/h2-4,7,12H,5-6H2,1H3. The SMILES string of the molecule is CC(=N)OCCOc1cccc(Cl)c1. The van der Waals surface area contributed by atoms with Crippen molar-refractivity contribution in [2.45, 2.75) is 6.92 Å². The number of benzene rings is 1. The van der Waals surface area contributed by atoms with Crippen LogP contribution >= 0.6 is 11.6 Å². The van der Waals surface area contributed by atoms with E-state index in [1.165, 1.54) is 0 Å². The van der Waals surface area contributed by atoms with Gasteiger partial charge in [-0.3, -0.25) is 5.41 Å². The van der Waals surface area contributed by atoms with Gasteiger partial charge in [0.1, 0.15) is 19.0 Å². The molecule has 0 heterocycles. The molecule has 0 saturated carbocycles. The van der Waals surface area contributed by atoms with Gasteiger partial charge in [0.25, 0.3) is 0 Å². The van der Waals surface area contributed by atoms with Crippen molar-refractivity contribution in [3.05, 3.63) is 29.3 Å². The van der Waals surface area contributed by atoms with Crippen molar-refractivity contribution in [2.75, 3.05) is 13.2 Å². The molecule has 76 valence electrons. The predicted octanol–water partition coefficient (Wildman–Crippen LogP) is 2.73. The number of hydrogen-bond acceptors (Lipinski definition) is 3. The minimum Gasteiger partial charge on any atom is -0.490 e. The van der Waals surface area contributed by atoms with Crippen molar-refractivity contribution in [1.82, 2.24) is 0 Å². The van der Waals surface area contributed by atoms with E-state index in [2.05, 4.69) is 0 Å². The van der Waals surface area contributed by atoms with Crippen LogP contribution in [-0.4, -0.2) is 19.1 Å². The Morgan fingerprint density at radius 1 is 1.43 bits per heavy atom. The monoisotopic (exact) mass is 213 g/mol. The summed E-state index contributed by atoms with van der Waals surface area (Å²) >= 11 is 5.76. The Morgan fingerprint density at radius 2 is 2.21 bits per heavy atom. The molecule has 0 amide bonds. The van der Waals surface area contributed by atoms with Gasteiger partial charge in [-0.1, -0.05) is 17.7 Å². The highest BCUT2D eigenvalue weighted by molar-refractivity contribution is 6.30. The highest BCUT2D eigenvalue weighted by Gasteiger charge is 1.95. The molecule has 0 atom stereocenters. The molecule has 1 aromatic rings. The van der Waals surface area contributed by atoms with Crippen LogP contribution in [0, 0.1) is 5.41 Å². The Labute approximate surface area is 88.1 Å². The number of nitrogens with one attached hydrogen (secondary N) is 1. The average molecular weight is 214 g/mol. The third kappa shape index (κ3) is 4.14. The average Bonchev–Trinajstić information content (AvgIpc) is 2.12. The van der Waals surface area contributed by atoms with Gasteiger partial charge in [0.2, 0.25) is 0 Å². The summed E-state index contributed by atoms with van der Waals surface area (Å²) in [4.78, 5) is 0. The molecule has 0 bridgehead atoms. The van der Waals surface area contributed by atoms with Gasteiger partial charge in [0.05, 0.1) is 0 Å². The van der Waals surface area contributed by atoms with Crippen LogP contribution in [0.5, 0.6) is 5.75 Å². The summed E-state index contributed by atoms with van der Waals surface area (Å²) < 4.78 is 10.3. The minimum atomic E-state index is 0.194. The van der Waals surface area contributed by atoms with Gasteiger partial charge < -0.3 is 9.47 Å². The molecular weight excluding hydrogens is 202 g/mol. The summed E-state index contributed by atoms with van der Waals surface area (Å²) in [6.45, 7) is 2.37. The molecule has 0 saturated heterocycles. The van der Waals surface area contributed by atoms with Crippen LogP contribution in [0.3, 0.4) is 0 Å². The molecule has 0 spiro atoms. The van der Waals surface area contributed by atoms with E-state index in [0.29, 0.717) is 24.0 Å². The van der Waals surface area contributed by atoms with E-state index in [1.807, 2.05) is 12.1 Å². The van der Waals surface area contributed by atoms with Crippen molar-refractivity contribution < 1.29 is 9.47 Å². The summed E-state index contributed by atoms with van der Waals surface area (Å²) in [6, 6.07) is 7.16. The van der Waals surface area contributed by atoms with Crippen LogP contribution in [0.2, 0.25) is 5.02 Å². The van der Waals surface area contributed by atoms with Gasteiger partial charge in [-0.25, -0.2) is 0 Å². The minimum absolute atomic E-state index is 0.194. The lowest BCUT2D eigenvalue weighted by Crippen LogP contribution is -2.08. The third-order valence-corrected chi connectivity index (χ3v) is 1.70. The van der Waals surface area contributed by atoms with Crippen molar-refractivity contribution in [3.8, 4) is 5.75 Å². The van der Waals surface area contributed by atoms with Crippen LogP contribution in [0.1, 0.15) is 6.92 Å². The van der Waals surface area contributed by atoms with Crippen LogP contribution in [0.4, 0.5) is 0 Å². The van der Waals surface area contributed by atoms with Crippen molar-refractivity contribution in [2.24, 2.45) is 0 Å². The van der Waals surface area contributed by atoms with Crippen molar-refractivity contribution in [1.29, 1.82) is 5.41 Å². The molecule has 14 heavy (non-hydrogen) atoms. The van der Waals surface area contributed by atoms with Crippen molar-refractivity contribution in [3.63, 3.8) is 0 Å². The maximum atomic E-state index is 7.01. The second kappa shape index (κ2) is 5.50. The summed E-state index contributed by atoms with van der Waals surface area (Å²) in [5.41, 5.74) is 0. The Morgan fingerprint density at radius 3 is 2.86 bits per heavy atom. The summed E-state index contributed by atoms with van der Waals surface area (Å²) in [5, 5.41) is 7.66. The predicted molar refractivity (Wildman–Crippen MR) is 56.3 cm³/mol. The lowest BCUT2D eigenvalue weighted by atomic mass is 10.3. The number of halogens is 1.